The topological polar surface area (TPSA) is 84.5 Å². The van der Waals surface area contributed by atoms with E-state index in [2.05, 4.69) is 17.0 Å². The number of benzene rings is 3. The van der Waals surface area contributed by atoms with Crippen LogP contribution in [0.15, 0.2) is 83.8 Å². The van der Waals surface area contributed by atoms with Gasteiger partial charge in [-0.1, -0.05) is 55.8 Å². The molecule has 0 bridgehead atoms. The smallest absolute Gasteiger partial charge is 0.242 e. The van der Waals surface area contributed by atoms with E-state index < -0.39 is 22.0 Å². The summed E-state index contributed by atoms with van der Waals surface area (Å²) in [5, 5.41) is 2.85. The van der Waals surface area contributed by atoms with Gasteiger partial charge in [-0.3, -0.25) is 4.79 Å². The summed E-state index contributed by atoms with van der Waals surface area (Å²) in [5.74, 6) is 0.132. The molecule has 174 valence electrons. The molecule has 6 nitrogen and oxygen atoms in total. The van der Waals surface area contributed by atoms with Gasteiger partial charge >= 0.3 is 0 Å². The summed E-state index contributed by atoms with van der Waals surface area (Å²) in [7, 11) is -2.41. The van der Waals surface area contributed by atoms with Crippen molar-refractivity contribution in [2.45, 2.75) is 43.5 Å². The van der Waals surface area contributed by atoms with Crippen molar-refractivity contribution in [1.29, 1.82) is 0 Å². The average molecular weight is 467 g/mol. The van der Waals surface area contributed by atoms with Crippen molar-refractivity contribution >= 4 is 21.6 Å². The van der Waals surface area contributed by atoms with Crippen LogP contribution in [0.3, 0.4) is 0 Å². The summed E-state index contributed by atoms with van der Waals surface area (Å²) in [6, 6.07) is 22.0. The van der Waals surface area contributed by atoms with Gasteiger partial charge in [-0.25, -0.2) is 8.42 Å². The number of carbonyl (C=O) groups excluding carboxylic acids is 1. The maximum atomic E-state index is 13.1. The van der Waals surface area contributed by atoms with Gasteiger partial charge in [-0.05, 0) is 66.8 Å². The van der Waals surface area contributed by atoms with Crippen molar-refractivity contribution in [3.63, 3.8) is 0 Å². The van der Waals surface area contributed by atoms with Gasteiger partial charge in [0.2, 0.25) is 15.9 Å². The first-order chi connectivity index (χ1) is 15.9. The molecule has 3 aromatic carbocycles. The number of hydrogen-bond donors (Lipinski definition) is 2. The fraction of sp³-hybridized carbons (Fsp3) is 0.269. The van der Waals surface area contributed by atoms with E-state index in [1.54, 1.807) is 12.1 Å². The van der Waals surface area contributed by atoms with E-state index >= 15 is 0 Å². The fourth-order valence-electron chi connectivity index (χ4n) is 3.41. The van der Waals surface area contributed by atoms with Crippen LogP contribution in [0.5, 0.6) is 5.75 Å². The number of amides is 1. The molecule has 1 amide bonds. The number of hydrogen-bond acceptors (Lipinski definition) is 4. The SMILES string of the molecule is CCCCc1ccc(NC(=O)C(Cc2ccccc2)NS(=O)(=O)c2ccc(OC)cc2)cc1. The van der Waals surface area contributed by atoms with E-state index in [-0.39, 0.29) is 11.3 Å². The first-order valence-corrected chi connectivity index (χ1v) is 12.5. The first-order valence-electron chi connectivity index (χ1n) is 11.0. The molecule has 0 aliphatic rings. The monoisotopic (exact) mass is 466 g/mol. The lowest BCUT2D eigenvalue weighted by atomic mass is 10.1. The highest BCUT2D eigenvalue weighted by atomic mass is 32.2. The van der Waals surface area contributed by atoms with Crippen LogP contribution in [0.4, 0.5) is 5.69 Å². The minimum absolute atomic E-state index is 0.0643. The van der Waals surface area contributed by atoms with Gasteiger partial charge in [0.1, 0.15) is 11.8 Å². The number of anilines is 1. The van der Waals surface area contributed by atoms with E-state index in [9.17, 15) is 13.2 Å². The van der Waals surface area contributed by atoms with Gasteiger partial charge in [0.05, 0.1) is 12.0 Å². The highest BCUT2D eigenvalue weighted by molar-refractivity contribution is 7.89. The van der Waals surface area contributed by atoms with Crippen molar-refractivity contribution in [2.75, 3.05) is 12.4 Å². The molecule has 0 saturated carbocycles. The second-order valence-corrected chi connectivity index (χ2v) is 9.54. The molecule has 0 radical (unpaired) electrons. The molecule has 0 aliphatic carbocycles. The molecule has 1 unspecified atom stereocenters. The summed E-state index contributed by atoms with van der Waals surface area (Å²) in [6.07, 6.45) is 3.44. The third-order valence-electron chi connectivity index (χ3n) is 5.31. The second kappa shape index (κ2) is 11.6. The van der Waals surface area contributed by atoms with E-state index in [0.29, 0.717) is 11.4 Å². The Balaban J connectivity index is 1.78. The highest BCUT2D eigenvalue weighted by Crippen LogP contribution is 2.18. The van der Waals surface area contributed by atoms with E-state index in [0.717, 1.165) is 24.8 Å². The molecule has 1 atom stereocenters. The Kier molecular flexibility index (Phi) is 8.63. The fourth-order valence-corrected chi connectivity index (χ4v) is 4.61. The molecule has 0 aliphatic heterocycles. The lowest BCUT2D eigenvalue weighted by molar-refractivity contribution is -0.117. The molecule has 0 fully saturated rings. The van der Waals surface area contributed by atoms with E-state index in [1.165, 1.54) is 24.8 Å². The van der Waals surface area contributed by atoms with Crippen LogP contribution in [0.2, 0.25) is 0 Å². The number of carbonyl (C=O) groups is 1. The molecule has 0 spiro atoms. The van der Waals surface area contributed by atoms with Crippen LogP contribution in [-0.2, 0) is 27.7 Å². The summed E-state index contributed by atoms with van der Waals surface area (Å²) in [6.45, 7) is 2.15. The van der Waals surface area contributed by atoms with Gasteiger partial charge in [-0.15, -0.1) is 0 Å². The number of rotatable bonds is 11. The zero-order valence-corrected chi connectivity index (χ0v) is 19.8. The molecule has 7 heteroatoms. The lowest BCUT2D eigenvalue weighted by Gasteiger charge is -2.19. The summed E-state index contributed by atoms with van der Waals surface area (Å²) >= 11 is 0. The van der Waals surface area contributed by atoms with Gasteiger partial charge in [0, 0.05) is 5.69 Å². The van der Waals surface area contributed by atoms with E-state index in [4.69, 9.17) is 4.74 Å². The van der Waals surface area contributed by atoms with Crippen LogP contribution >= 0.6 is 0 Å². The van der Waals surface area contributed by atoms with Crippen LogP contribution < -0.4 is 14.8 Å². The Morgan fingerprint density at radius 3 is 2.18 bits per heavy atom. The van der Waals surface area contributed by atoms with Crippen LogP contribution in [0.1, 0.15) is 30.9 Å². The Morgan fingerprint density at radius 2 is 1.58 bits per heavy atom. The third kappa shape index (κ3) is 7.17. The predicted octanol–water partition coefficient (Wildman–Crippen LogP) is 4.57. The first kappa shape index (κ1) is 24.5. The normalized spacial score (nSPS) is 12.2. The van der Waals surface area contributed by atoms with Crippen molar-refractivity contribution < 1.29 is 17.9 Å². The van der Waals surface area contributed by atoms with Crippen LogP contribution in [0, 0.1) is 0 Å². The Labute approximate surface area is 196 Å². The number of methoxy groups -OCH3 is 1. The minimum Gasteiger partial charge on any atom is -0.497 e. The van der Waals surface area contributed by atoms with Gasteiger partial charge < -0.3 is 10.1 Å². The minimum atomic E-state index is -3.93. The van der Waals surface area contributed by atoms with Crippen molar-refractivity contribution in [2.24, 2.45) is 0 Å². The summed E-state index contributed by atoms with van der Waals surface area (Å²) < 4.78 is 33.7. The van der Waals surface area contributed by atoms with Crippen molar-refractivity contribution in [3.05, 3.63) is 90.0 Å². The van der Waals surface area contributed by atoms with Gasteiger partial charge in [-0.2, -0.15) is 4.72 Å². The highest BCUT2D eigenvalue weighted by Gasteiger charge is 2.26. The Hall–Kier alpha value is -3.16. The van der Waals surface area contributed by atoms with Crippen LogP contribution in [-0.4, -0.2) is 27.5 Å². The third-order valence-corrected chi connectivity index (χ3v) is 6.79. The van der Waals surface area contributed by atoms with E-state index in [1.807, 2.05) is 54.6 Å². The zero-order valence-electron chi connectivity index (χ0n) is 19.0. The maximum Gasteiger partial charge on any atom is 0.242 e. The number of aryl methyl sites for hydroxylation is 1. The Bertz CT molecular complexity index is 1130. The standard InChI is InChI=1S/C26H30N2O4S/c1-3-4-8-20-11-13-22(14-12-20)27-26(29)25(19-21-9-6-5-7-10-21)28-33(30,31)24-17-15-23(32-2)16-18-24/h5-7,9-18,25,28H,3-4,8,19H2,1-2H3,(H,27,29). The number of sulfonamides is 1. The molecule has 33 heavy (non-hydrogen) atoms. The molecule has 3 rings (SSSR count). The summed E-state index contributed by atoms with van der Waals surface area (Å²) in [4.78, 5) is 13.2. The van der Waals surface area contributed by atoms with Crippen molar-refractivity contribution in [1.82, 2.24) is 4.72 Å². The largest absolute Gasteiger partial charge is 0.497 e. The molecule has 0 aromatic heterocycles. The number of unbranched alkanes of at least 4 members (excludes halogenated alkanes) is 1. The average Bonchev–Trinajstić information content (AvgIpc) is 2.83. The van der Waals surface area contributed by atoms with Crippen molar-refractivity contribution in [3.8, 4) is 5.75 Å². The predicted molar refractivity (Wildman–Crippen MR) is 131 cm³/mol. The summed E-state index contributed by atoms with van der Waals surface area (Å²) in [5.41, 5.74) is 2.68. The molecule has 0 saturated heterocycles. The molecular weight excluding hydrogens is 436 g/mol. The molecule has 2 N–H and O–H groups in total. The molecule has 3 aromatic rings. The van der Waals surface area contributed by atoms with Gasteiger partial charge in [0.25, 0.3) is 0 Å². The number of ether oxygens (including phenoxy) is 1. The maximum absolute atomic E-state index is 13.1. The zero-order chi connectivity index (χ0) is 23.7. The molecular formula is C26H30N2O4S. The quantitative estimate of drug-likeness (QED) is 0.434. The Morgan fingerprint density at radius 1 is 0.909 bits per heavy atom. The second-order valence-electron chi connectivity index (χ2n) is 7.83. The molecule has 0 heterocycles. The van der Waals surface area contributed by atoms with Gasteiger partial charge in [0.15, 0.2) is 0 Å². The number of nitrogens with one attached hydrogen (secondary N) is 2. The van der Waals surface area contributed by atoms with Crippen LogP contribution in [0.25, 0.3) is 0 Å². The lowest BCUT2D eigenvalue weighted by Crippen LogP contribution is -2.45.